The summed E-state index contributed by atoms with van der Waals surface area (Å²) < 4.78 is 11.5. The van der Waals surface area contributed by atoms with Crippen LogP contribution in [0.4, 0.5) is 0 Å². The molecule has 3 aliphatic heterocycles. The fraction of sp³-hybridized carbons (Fsp3) is 0.714. The van der Waals surface area contributed by atoms with Crippen molar-refractivity contribution < 1.29 is 19.1 Å². The van der Waals surface area contributed by atoms with E-state index >= 15 is 0 Å². The second kappa shape index (κ2) is 4.34. The van der Waals surface area contributed by atoms with E-state index < -0.39 is 5.79 Å². The monoisotopic (exact) mass is 265 g/mol. The van der Waals surface area contributed by atoms with Crippen molar-refractivity contribution in [2.24, 2.45) is 11.8 Å². The van der Waals surface area contributed by atoms with Crippen LogP contribution in [0.2, 0.25) is 0 Å². The molecule has 4 atom stereocenters. The van der Waals surface area contributed by atoms with Gasteiger partial charge >= 0.3 is 5.97 Å². The summed E-state index contributed by atoms with van der Waals surface area (Å²) >= 11 is 0. The SMILES string of the molecule is CC[C@H]1[C@@H]2C(=O)NCCC[C@H]2O[C@]12C=C(C)C(=O)O2. The molecule has 0 saturated carbocycles. The molecule has 1 N–H and O–H groups in total. The average molecular weight is 265 g/mol. The van der Waals surface area contributed by atoms with Crippen molar-refractivity contribution in [1.82, 2.24) is 5.32 Å². The van der Waals surface area contributed by atoms with Gasteiger partial charge < -0.3 is 14.8 Å². The van der Waals surface area contributed by atoms with Gasteiger partial charge in [0.25, 0.3) is 0 Å². The van der Waals surface area contributed by atoms with Crippen LogP contribution in [-0.4, -0.2) is 30.3 Å². The van der Waals surface area contributed by atoms with Crippen molar-refractivity contribution in [2.45, 2.75) is 45.0 Å². The van der Waals surface area contributed by atoms with Crippen LogP contribution in [0.25, 0.3) is 0 Å². The predicted molar refractivity (Wildman–Crippen MR) is 67.0 cm³/mol. The third-order valence-corrected chi connectivity index (χ3v) is 4.39. The van der Waals surface area contributed by atoms with E-state index in [4.69, 9.17) is 9.47 Å². The summed E-state index contributed by atoms with van der Waals surface area (Å²) in [6.07, 6.45) is 4.07. The number of hydrogen-bond donors (Lipinski definition) is 1. The lowest BCUT2D eigenvalue weighted by molar-refractivity contribution is -0.204. The second-order valence-corrected chi connectivity index (χ2v) is 5.57. The molecule has 3 aliphatic rings. The van der Waals surface area contributed by atoms with E-state index in [2.05, 4.69) is 5.32 Å². The Bertz CT molecular complexity index is 458. The maximum Gasteiger partial charge on any atom is 0.336 e. The number of rotatable bonds is 1. The van der Waals surface area contributed by atoms with Gasteiger partial charge in [0, 0.05) is 18.0 Å². The molecule has 0 aromatic rings. The topological polar surface area (TPSA) is 64.6 Å². The Labute approximate surface area is 112 Å². The van der Waals surface area contributed by atoms with E-state index in [0.717, 1.165) is 19.3 Å². The second-order valence-electron chi connectivity index (χ2n) is 5.57. The van der Waals surface area contributed by atoms with Gasteiger partial charge in [0.15, 0.2) is 0 Å². The van der Waals surface area contributed by atoms with Crippen LogP contribution in [0, 0.1) is 11.8 Å². The molecule has 2 saturated heterocycles. The van der Waals surface area contributed by atoms with Gasteiger partial charge in [-0.25, -0.2) is 4.79 Å². The van der Waals surface area contributed by atoms with Crippen molar-refractivity contribution in [2.75, 3.05) is 6.54 Å². The molecule has 0 aliphatic carbocycles. The minimum absolute atomic E-state index is 0.0280. The quantitative estimate of drug-likeness (QED) is 0.722. The minimum Gasteiger partial charge on any atom is -0.425 e. The highest BCUT2D eigenvalue weighted by Gasteiger charge is 2.60. The number of hydrogen-bond acceptors (Lipinski definition) is 4. The van der Waals surface area contributed by atoms with Crippen molar-refractivity contribution in [3.05, 3.63) is 11.6 Å². The highest BCUT2D eigenvalue weighted by atomic mass is 16.7. The number of esters is 1. The summed E-state index contributed by atoms with van der Waals surface area (Å²) in [5, 5.41) is 2.93. The van der Waals surface area contributed by atoms with E-state index in [-0.39, 0.29) is 29.8 Å². The molecule has 104 valence electrons. The Morgan fingerprint density at radius 2 is 2.26 bits per heavy atom. The zero-order valence-corrected chi connectivity index (χ0v) is 11.3. The number of fused-ring (bicyclic) bond motifs is 1. The fourth-order valence-electron chi connectivity index (χ4n) is 3.52. The lowest BCUT2D eigenvalue weighted by Gasteiger charge is -2.28. The normalized spacial score (nSPS) is 41.6. The molecule has 3 rings (SSSR count). The zero-order valence-electron chi connectivity index (χ0n) is 11.3. The van der Waals surface area contributed by atoms with E-state index in [1.807, 2.05) is 6.92 Å². The van der Waals surface area contributed by atoms with Gasteiger partial charge in [0.1, 0.15) is 0 Å². The average Bonchev–Trinajstić information content (AvgIpc) is 2.75. The highest BCUT2D eigenvalue weighted by Crippen LogP contribution is 2.49. The number of ether oxygens (including phenoxy) is 2. The Balaban J connectivity index is 1.97. The van der Waals surface area contributed by atoms with Gasteiger partial charge in [0.05, 0.1) is 12.0 Å². The van der Waals surface area contributed by atoms with Crippen LogP contribution < -0.4 is 5.32 Å². The van der Waals surface area contributed by atoms with Crippen LogP contribution in [0.5, 0.6) is 0 Å². The first kappa shape index (κ1) is 12.7. The summed E-state index contributed by atoms with van der Waals surface area (Å²) in [6.45, 7) is 4.43. The van der Waals surface area contributed by atoms with Crippen LogP contribution in [0.15, 0.2) is 11.6 Å². The molecular formula is C14H19NO4. The van der Waals surface area contributed by atoms with Gasteiger partial charge in [-0.3, -0.25) is 4.79 Å². The lowest BCUT2D eigenvalue weighted by atomic mass is 9.82. The molecule has 2 fully saturated rings. The van der Waals surface area contributed by atoms with Crippen molar-refractivity contribution in [3.8, 4) is 0 Å². The Hall–Kier alpha value is -1.36. The summed E-state index contributed by atoms with van der Waals surface area (Å²) in [6, 6.07) is 0. The van der Waals surface area contributed by atoms with Gasteiger partial charge in [-0.1, -0.05) is 6.92 Å². The first-order chi connectivity index (χ1) is 9.07. The standard InChI is InChI=1S/C14H19NO4/c1-3-9-11-10(5-4-6-15-12(11)16)18-14(9)7-8(2)13(17)19-14/h7,9-11H,3-6H2,1-2H3,(H,15,16)/t9-,10+,11-,14-/m0/s1. The highest BCUT2D eigenvalue weighted by molar-refractivity contribution is 5.91. The third-order valence-electron chi connectivity index (χ3n) is 4.39. The molecule has 0 radical (unpaired) electrons. The van der Waals surface area contributed by atoms with Crippen molar-refractivity contribution >= 4 is 11.9 Å². The fourth-order valence-corrected chi connectivity index (χ4v) is 3.52. The number of carbonyl (C=O) groups excluding carboxylic acids is 2. The van der Waals surface area contributed by atoms with Gasteiger partial charge in [-0.2, -0.15) is 0 Å². The molecule has 3 heterocycles. The number of amides is 1. The smallest absolute Gasteiger partial charge is 0.336 e. The summed E-state index contributed by atoms with van der Waals surface area (Å²) in [5.41, 5.74) is 0.565. The maximum absolute atomic E-state index is 12.2. The van der Waals surface area contributed by atoms with Crippen LogP contribution >= 0.6 is 0 Å². The van der Waals surface area contributed by atoms with E-state index in [9.17, 15) is 9.59 Å². The Morgan fingerprint density at radius 1 is 1.47 bits per heavy atom. The Morgan fingerprint density at radius 3 is 2.89 bits per heavy atom. The molecule has 1 spiro atoms. The van der Waals surface area contributed by atoms with Gasteiger partial charge in [0.2, 0.25) is 11.7 Å². The van der Waals surface area contributed by atoms with E-state index in [1.165, 1.54) is 0 Å². The molecular weight excluding hydrogens is 246 g/mol. The molecule has 0 aromatic heterocycles. The predicted octanol–water partition coefficient (Wildman–Crippen LogP) is 1.14. The molecule has 0 bridgehead atoms. The zero-order chi connectivity index (χ0) is 13.6. The summed E-state index contributed by atoms with van der Waals surface area (Å²) in [7, 11) is 0. The molecule has 5 heteroatoms. The van der Waals surface area contributed by atoms with Crippen molar-refractivity contribution in [1.29, 1.82) is 0 Å². The van der Waals surface area contributed by atoms with Crippen molar-refractivity contribution in [3.63, 3.8) is 0 Å². The van der Waals surface area contributed by atoms with Crippen LogP contribution in [0.1, 0.15) is 33.1 Å². The third kappa shape index (κ3) is 1.79. The molecule has 19 heavy (non-hydrogen) atoms. The number of nitrogens with one attached hydrogen (secondary N) is 1. The summed E-state index contributed by atoms with van der Waals surface area (Å²) in [5.74, 6) is -1.64. The molecule has 5 nitrogen and oxygen atoms in total. The van der Waals surface area contributed by atoms with E-state index in [0.29, 0.717) is 12.1 Å². The largest absolute Gasteiger partial charge is 0.425 e. The lowest BCUT2D eigenvalue weighted by Crippen LogP contribution is -2.40. The Kier molecular flexibility index (Phi) is 2.89. The van der Waals surface area contributed by atoms with Crippen LogP contribution in [0.3, 0.4) is 0 Å². The summed E-state index contributed by atoms with van der Waals surface area (Å²) in [4.78, 5) is 23.9. The van der Waals surface area contributed by atoms with Gasteiger partial charge in [-0.15, -0.1) is 0 Å². The first-order valence-electron chi connectivity index (χ1n) is 6.95. The maximum atomic E-state index is 12.2. The van der Waals surface area contributed by atoms with Gasteiger partial charge in [-0.05, 0) is 32.3 Å². The van der Waals surface area contributed by atoms with Crippen LogP contribution in [-0.2, 0) is 19.1 Å². The van der Waals surface area contributed by atoms with E-state index in [1.54, 1.807) is 13.0 Å². The first-order valence-corrected chi connectivity index (χ1v) is 6.95. The number of carbonyl (C=O) groups is 2. The molecule has 0 unspecified atom stereocenters. The minimum atomic E-state index is -1.01. The molecule has 0 aromatic carbocycles. The molecule has 1 amide bonds.